The maximum atomic E-state index is 11.5. The van der Waals surface area contributed by atoms with Gasteiger partial charge in [0.05, 0.1) is 23.9 Å². The first-order valence-electron chi connectivity index (χ1n) is 4.79. The minimum Gasteiger partial charge on any atom is -0.462 e. The van der Waals surface area contributed by atoms with Gasteiger partial charge in [0.15, 0.2) is 0 Å². The van der Waals surface area contributed by atoms with Crippen LogP contribution < -0.4 is 0 Å². The van der Waals surface area contributed by atoms with Gasteiger partial charge in [0.1, 0.15) is 11.4 Å². The van der Waals surface area contributed by atoms with E-state index in [4.69, 9.17) is 16.3 Å². The van der Waals surface area contributed by atoms with Gasteiger partial charge in [-0.3, -0.25) is 0 Å². The first-order chi connectivity index (χ1) is 7.72. The Morgan fingerprint density at radius 3 is 2.94 bits per heavy atom. The van der Waals surface area contributed by atoms with Crippen molar-refractivity contribution in [3.8, 4) is 0 Å². The number of carbonyl (C=O) groups excluding carboxylic acids is 1. The Kier molecular flexibility index (Phi) is 5.55. The van der Waals surface area contributed by atoms with Gasteiger partial charge in [-0.15, -0.1) is 11.6 Å². The molecular formula is C10H13ClN2O2S. The summed E-state index contributed by atoms with van der Waals surface area (Å²) in [7, 11) is 0. The number of nitrogens with zero attached hydrogens (tertiary/aromatic N) is 2. The van der Waals surface area contributed by atoms with Crippen molar-refractivity contribution in [1.82, 2.24) is 9.97 Å². The summed E-state index contributed by atoms with van der Waals surface area (Å²) in [6.45, 7) is 2.08. The predicted molar refractivity (Wildman–Crippen MR) is 64.8 cm³/mol. The van der Waals surface area contributed by atoms with E-state index < -0.39 is 5.97 Å². The van der Waals surface area contributed by atoms with Crippen molar-refractivity contribution >= 4 is 29.3 Å². The van der Waals surface area contributed by atoms with Gasteiger partial charge in [0, 0.05) is 6.20 Å². The van der Waals surface area contributed by atoms with Crippen LogP contribution in [-0.4, -0.2) is 28.8 Å². The highest BCUT2D eigenvalue weighted by atomic mass is 35.5. The van der Waals surface area contributed by atoms with Crippen molar-refractivity contribution in [3.63, 3.8) is 0 Å². The summed E-state index contributed by atoms with van der Waals surface area (Å²) in [5.41, 5.74) is 0.876. The molecule has 1 aromatic rings. The minimum atomic E-state index is -0.422. The number of hydrogen-bond acceptors (Lipinski definition) is 5. The fourth-order valence-corrected chi connectivity index (χ4v) is 1.74. The van der Waals surface area contributed by atoms with Gasteiger partial charge in [0.25, 0.3) is 0 Å². The zero-order chi connectivity index (χ0) is 12.0. The maximum Gasteiger partial charge on any atom is 0.341 e. The zero-order valence-corrected chi connectivity index (χ0v) is 10.8. The highest BCUT2D eigenvalue weighted by Gasteiger charge is 2.14. The van der Waals surface area contributed by atoms with Crippen LogP contribution in [0.3, 0.4) is 0 Å². The largest absolute Gasteiger partial charge is 0.462 e. The molecule has 0 spiro atoms. The van der Waals surface area contributed by atoms with Crippen molar-refractivity contribution in [2.75, 3.05) is 12.9 Å². The molecule has 0 saturated carbocycles. The van der Waals surface area contributed by atoms with E-state index >= 15 is 0 Å². The maximum absolute atomic E-state index is 11.5. The number of alkyl halides is 1. The second kappa shape index (κ2) is 6.70. The Bertz CT molecular complexity index is 374. The smallest absolute Gasteiger partial charge is 0.341 e. The van der Waals surface area contributed by atoms with E-state index in [2.05, 4.69) is 9.97 Å². The summed E-state index contributed by atoms with van der Waals surface area (Å²) < 4.78 is 4.89. The predicted octanol–water partition coefficient (Wildman–Crippen LogP) is 2.26. The number of carbonyl (C=O) groups is 1. The lowest BCUT2D eigenvalue weighted by Crippen LogP contribution is -2.11. The molecule has 0 fully saturated rings. The van der Waals surface area contributed by atoms with Crippen LogP contribution in [0.1, 0.15) is 28.8 Å². The highest BCUT2D eigenvalue weighted by Crippen LogP contribution is 2.12. The molecule has 0 N–H and O–H groups in total. The summed E-state index contributed by atoms with van der Waals surface area (Å²) >= 11 is 7.36. The van der Waals surface area contributed by atoms with Crippen LogP contribution in [0, 0.1) is 0 Å². The molecule has 0 amide bonds. The van der Waals surface area contributed by atoms with Gasteiger partial charge in [-0.05, 0) is 13.2 Å². The summed E-state index contributed by atoms with van der Waals surface area (Å²) in [4.78, 5) is 19.8. The number of thioether (sulfide) groups is 1. The van der Waals surface area contributed by atoms with E-state index in [-0.39, 0.29) is 5.88 Å². The molecule has 1 aromatic heterocycles. The van der Waals surface area contributed by atoms with Crippen molar-refractivity contribution in [2.45, 2.75) is 18.6 Å². The number of ether oxygens (including phenoxy) is 1. The Hall–Kier alpha value is -0.810. The standard InChI is InChI=1S/C10H13ClN2O2S/c1-3-15-10(14)7-5-12-9(6-16-2)13-8(7)4-11/h5H,3-4,6H2,1-2H3. The molecule has 0 aliphatic rings. The number of aromatic nitrogens is 2. The second-order valence-electron chi connectivity index (χ2n) is 2.93. The molecule has 0 aliphatic carbocycles. The molecule has 1 rings (SSSR count). The number of halogens is 1. The molecular weight excluding hydrogens is 248 g/mol. The first-order valence-corrected chi connectivity index (χ1v) is 6.72. The molecule has 0 radical (unpaired) electrons. The molecule has 0 aliphatic heterocycles. The normalized spacial score (nSPS) is 10.2. The average Bonchev–Trinajstić information content (AvgIpc) is 2.29. The Labute approximate surface area is 104 Å². The zero-order valence-electron chi connectivity index (χ0n) is 9.20. The molecule has 0 unspecified atom stereocenters. The number of esters is 1. The van der Waals surface area contributed by atoms with Gasteiger partial charge in [-0.1, -0.05) is 0 Å². The Morgan fingerprint density at radius 2 is 2.38 bits per heavy atom. The Balaban J connectivity index is 2.96. The van der Waals surface area contributed by atoms with E-state index in [1.165, 1.54) is 6.20 Å². The molecule has 88 valence electrons. The monoisotopic (exact) mass is 260 g/mol. The van der Waals surface area contributed by atoms with Gasteiger partial charge in [-0.25, -0.2) is 14.8 Å². The third-order valence-electron chi connectivity index (χ3n) is 1.81. The summed E-state index contributed by atoms with van der Waals surface area (Å²) in [5, 5.41) is 0. The van der Waals surface area contributed by atoms with E-state index in [1.54, 1.807) is 18.7 Å². The highest BCUT2D eigenvalue weighted by molar-refractivity contribution is 7.97. The van der Waals surface area contributed by atoms with Crippen molar-refractivity contribution in [1.29, 1.82) is 0 Å². The van der Waals surface area contributed by atoms with Crippen LogP contribution in [0.4, 0.5) is 0 Å². The van der Waals surface area contributed by atoms with Crippen LogP contribution in [0.2, 0.25) is 0 Å². The van der Waals surface area contributed by atoms with E-state index in [9.17, 15) is 4.79 Å². The summed E-state index contributed by atoms with van der Waals surface area (Å²) in [6, 6.07) is 0. The summed E-state index contributed by atoms with van der Waals surface area (Å²) in [5.74, 6) is 1.13. The molecule has 16 heavy (non-hydrogen) atoms. The molecule has 4 nitrogen and oxygen atoms in total. The van der Waals surface area contributed by atoms with Crippen molar-refractivity contribution < 1.29 is 9.53 Å². The van der Waals surface area contributed by atoms with Crippen molar-refractivity contribution in [2.24, 2.45) is 0 Å². The lowest BCUT2D eigenvalue weighted by Gasteiger charge is -2.06. The summed E-state index contributed by atoms with van der Waals surface area (Å²) in [6.07, 6.45) is 3.44. The van der Waals surface area contributed by atoms with Crippen LogP contribution in [0.25, 0.3) is 0 Å². The average molecular weight is 261 g/mol. The van der Waals surface area contributed by atoms with Crippen molar-refractivity contribution in [3.05, 3.63) is 23.3 Å². The van der Waals surface area contributed by atoms with Gasteiger partial charge >= 0.3 is 5.97 Å². The van der Waals surface area contributed by atoms with E-state index in [0.717, 1.165) is 0 Å². The molecule has 0 atom stereocenters. The second-order valence-corrected chi connectivity index (χ2v) is 4.07. The molecule has 0 saturated heterocycles. The molecule has 0 bridgehead atoms. The number of rotatable bonds is 5. The SMILES string of the molecule is CCOC(=O)c1cnc(CSC)nc1CCl. The first kappa shape index (κ1) is 13.3. The van der Waals surface area contributed by atoms with Crippen LogP contribution in [0.15, 0.2) is 6.20 Å². The van der Waals surface area contributed by atoms with Gasteiger partial charge in [0.2, 0.25) is 0 Å². The molecule has 6 heteroatoms. The van der Waals surface area contributed by atoms with E-state index in [0.29, 0.717) is 29.4 Å². The van der Waals surface area contributed by atoms with E-state index in [1.807, 2.05) is 6.26 Å². The lowest BCUT2D eigenvalue weighted by molar-refractivity contribution is 0.0524. The molecule has 0 aromatic carbocycles. The quantitative estimate of drug-likeness (QED) is 0.600. The number of hydrogen-bond donors (Lipinski definition) is 0. The molecule has 1 heterocycles. The minimum absolute atomic E-state index is 0.179. The fraction of sp³-hybridized carbons (Fsp3) is 0.500. The lowest BCUT2D eigenvalue weighted by atomic mass is 10.2. The van der Waals surface area contributed by atoms with Crippen LogP contribution in [0.5, 0.6) is 0 Å². The van der Waals surface area contributed by atoms with Gasteiger partial charge < -0.3 is 4.74 Å². The van der Waals surface area contributed by atoms with Crippen LogP contribution in [-0.2, 0) is 16.4 Å². The van der Waals surface area contributed by atoms with Crippen LogP contribution >= 0.6 is 23.4 Å². The Morgan fingerprint density at radius 1 is 1.62 bits per heavy atom. The third-order valence-corrected chi connectivity index (χ3v) is 2.61. The topological polar surface area (TPSA) is 52.1 Å². The third kappa shape index (κ3) is 3.35. The van der Waals surface area contributed by atoms with Gasteiger partial charge in [-0.2, -0.15) is 11.8 Å². The fourth-order valence-electron chi connectivity index (χ4n) is 1.14.